The van der Waals surface area contributed by atoms with Gasteiger partial charge in [-0.2, -0.15) is 0 Å². The minimum atomic E-state index is -0.745. The first-order chi connectivity index (χ1) is 7.93. The van der Waals surface area contributed by atoms with E-state index in [-0.39, 0.29) is 11.2 Å². The predicted octanol–water partition coefficient (Wildman–Crippen LogP) is -2.08. The standard InChI is InChI=1S/C9H11N5O3/c1-12-4-11-7-6(12)8(16)14(3-5(10)15)9(17)13(7)2/h4H,3H2,1-2H3,(H2,10,15). The van der Waals surface area contributed by atoms with Crippen molar-refractivity contribution in [2.24, 2.45) is 19.8 Å². The average Bonchev–Trinajstić information content (AvgIpc) is 2.63. The fourth-order valence-corrected chi connectivity index (χ4v) is 1.69. The van der Waals surface area contributed by atoms with Crippen LogP contribution in [0.2, 0.25) is 0 Å². The Morgan fingerprint density at radius 3 is 2.65 bits per heavy atom. The Bertz CT molecular complexity index is 721. The van der Waals surface area contributed by atoms with Gasteiger partial charge in [0.05, 0.1) is 6.33 Å². The summed E-state index contributed by atoms with van der Waals surface area (Å²) < 4.78 is 3.50. The molecule has 1 amide bonds. The van der Waals surface area contributed by atoms with Crippen molar-refractivity contribution in [1.29, 1.82) is 0 Å². The molecule has 0 saturated carbocycles. The Kier molecular flexibility index (Phi) is 2.34. The van der Waals surface area contributed by atoms with E-state index in [1.165, 1.54) is 22.5 Å². The van der Waals surface area contributed by atoms with Gasteiger partial charge in [-0.05, 0) is 0 Å². The van der Waals surface area contributed by atoms with Gasteiger partial charge in [-0.25, -0.2) is 14.3 Å². The summed E-state index contributed by atoms with van der Waals surface area (Å²) in [5, 5.41) is 0. The third-order valence-corrected chi connectivity index (χ3v) is 2.51. The largest absolute Gasteiger partial charge is 0.368 e. The van der Waals surface area contributed by atoms with Crippen LogP contribution in [0.25, 0.3) is 11.2 Å². The summed E-state index contributed by atoms with van der Waals surface area (Å²) in [6.45, 7) is -0.438. The molecule has 0 aliphatic rings. The van der Waals surface area contributed by atoms with E-state index in [4.69, 9.17) is 5.73 Å². The third kappa shape index (κ3) is 1.53. The molecule has 2 aromatic rings. The highest BCUT2D eigenvalue weighted by molar-refractivity contribution is 5.74. The van der Waals surface area contributed by atoms with Gasteiger partial charge < -0.3 is 10.3 Å². The number of imidazole rings is 1. The fourth-order valence-electron chi connectivity index (χ4n) is 1.69. The number of hydrogen-bond donors (Lipinski definition) is 1. The quantitative estimate of drug-likeness (QED) is 0.647. The summed E-state index contributed by atoms with van der Waals surface area (Å²) in [6, 6.07) is 0. The zero-order chi connectivity index (χ0) is 12.7. The van der Waals surface area contributed by atoms with E-state index in [9.17, 15) is 14.4 Å². The van der Waals surface area contributed by atoms with Crippen molar-refractivity contribution in [3.63, 3.8) is 0 Å². The van der Waals surface area contributed by atoms with E-state index >= 15 is 0 Å². The van der Waals surface area contributed by atoms with Crippen LogP contribution in [0.5, 0.6) is 0 Å². The van der Waals surface area contributed by atoms with Crippen LogP contribution in [-0.4, -0.2) is 24.6 Å². The lowest BCUT2D eigenvalue weighted by atomic mass is 10.4. The molecule has 2 heterocycles. The summed E-state index contributed by atoms with van der Waals surface area (Å²) in [6.07, 6.45) is 1.43. The van der Waals surface area contributed by atoms with E-state index < -0.39 is 23.7 Å². The van der Waals surface area contributed by atoms with E-state index in [1.54, 1.807) is 7.05 Å². The molecule has 17 heavy (non-hydrogen) atoms. The van der Waals surface area contributed by atoms with Gasteiger partial charge in [-0.3, -0.25) is 14.2 Å². The van der Waals surface area contributed by atoms with Crippen molar-refractivity contribution in [2.45, 2.75) is 6.54 Å². The van der Waals surface area contributed by atoms with Gasteiger partial charge in [0.25, 0.3) is 5.56 Å². The molecule has 0 unspecified atom stereocenters. The van der Waals surface area contributed by atoms with Gasteiger partial charge in [0.15, 0.2) is 11.2 Å². The number of rotatable bonds is 2. The van der Waals surface area contributed by atoms with E-state index in [1.807, 2.05) is 0 Å². The summed E-state index contributed by atoms with van der Waals surface area (Å²) >= 11 is 0. The molecule has 0 fully saturated rings. The Morgan fingerprint density at radius 1 is 1.41 bits per heavy atom. The molecule has 0 saturated heterocycles. The summed E-state index contributed by atoms with van der Waals surface area (Å²) in [5.74, 6) is -0.745. The predicted molar refractivity (Wildman–Crippen MR) is 59.4 cm³/mol. The van der Waals surface area contributed by atoms with Crippen molar-refractivity contribution in [1.82, 2.24) is 18.7 Å². The Balaban J connectivity index is 2.94. The molecular weight excluding hydrogens is 226 g/mol. The molecule has 2 rings (SSSR count). The van der Waals surface area contributed by atoms with Crippen LogP contribution in [0.3, 0.4) is 0 Å². The summed E-state index contributed by atoms with van der Waals surface area (Å²) in [5.41, 5.74) is 4.36. The first-order valence-electron chi connectivity index (χ1n) is 4.82. The number of hydrogen-bond acceptors (Lipinski definition) is 4. The topological polar surface area (TPSA) is 105 Å². The molecule has 8 heteroatoms. The fraction of sp³-hybridized carbons (Fsp3) is 0.333. The molecule has 2 aromatic heterocycles. The van der Waals surface area contributed by atoms with Crippen molar-refractivity contribution in [3.05, 3.63) is 27.2 Å². The number of aromatic nitrogens is 4. The van der Waals surface area contributed by atoms with Crippen molar-refractivity contribution in [3.8, 4) is 0 Å². The Morgan fingerprint density at radius 2 is 2.06 bits per heavy atom. The maximum absolute atomic E-state index is 12.0. The van der Waals surface area contributed by atoms with Crippen molar-refractivity contribution in [2.75, 3.05) is 0 Å². The lowest BCUT2D eigenvalue weighted by molar-refractivity contribution is -0.118. The second-order valence-corrected chi connectivity index (χ2v) is 3.73. The van der Waals surface area contributed by atoms with Crippen LogP contribution in [0.15, 0.2) is 15.9 Å². The SMILES string of the molecule is Cn1cnc2c1c(=O)n(CC(N)=O)c(=O)n2C. The highest BCUT2D eigenvalue weighted by Crippen LogP contribution is 2.02. The molecule has 8 nitrogen and oxygen atoms in total. The molecule has 0 aliphatic heterocycles. The van der Waals surface area contributed by atoms with Gasteiger partial charge in [0.1, 0.15) is 6.54 Å². The van der Waals surface area contributed by atoms with Crippen LogP contribution in [0.4, 0.5) is 0 Å². The monoisotopic (exact) mass is 237 g/mol. The zero-order valence-corrected chi connectivity index (χ0v) is 9.38. The van der Waals surface area contributed by atoms with E-state index in [2.05, 4.69) is 4.98 Å². The Labute approximate surface area is 94.9 Å². The number of amides is 1. The number of carbonyl (C=O) groups is 1. The smallest absolute Gasteiger partial charge is 0.332 e. The maximum Gasteiger partial charge on any atom is 0.332 e. The second-order valence-electron chi connectivity index (χ2n) is 3.73. The molecule has 0 spiro atoms. The summed E-state index contributed by atoms with van der Waals surface area (Å²) in [7, 11) is 3.12. The average molecular weight is 237 g/mol. The Hall–Kier alpha value is -2.38. The zero-order valence-electron chi connectivity index (χ0n) is 9.38. The van der Waals surface area contributed by atoms with Gasteiger partial charge in [-0.15, -0.1) is 0 Å². The van der Waals surface area contributed by atoms with Crippen molar-refractivity contribution < 1.29 is 4.79 Å². The van der Waals surface area contributed by atoms with Gasteiger partial charge in [0, 0.05) is 14.1 Å². The minimum Gasteiger partial charge on any atom is -0.368 e. The summed E-state index contributed by atoms with van der Waals surface area (Å²) in [4.78, 5) is 38.6. The van der Waals surface area contributed by atoms with E-state index in [0.717, 1.165) is 4.57 Å². The number of aryl methyl sites for hydroxylation is 2. The highest BCUT2D eigenvalue weighted by Gasteiger charge is 2.15. The number of nitrogens with zero attached hydrogens (tertiary/aromatic N) is 4. The number of carbonyl (C=O) groups excluding carboxylic acids is 1. The number of primary amides is 1. The van der Waals surface area contributed by atoms with Crippen molar-refractivity contribution >= 4 is 17.1 Å². The highest BCUT2D eigenvalue weighted by atomic mass is 16.2. The van der Waals surface area contributed by atoms with Crippen LogP contribution in [0, 0.1) is 0 Å². The lowest BCUT2D eigenvalue weighted by Gasteiger charge is -2.06. The maximum atomic E-state index is 12.0. The third-order valence-electron chi connectivity index (χ3n) is 2.51. The van der Waals surface area contributed by atoms with Crippen LogP contribution in [0.1, 0.15) is 0 Å². The molecule has 0 aliphatic carbocycles. The minimum absolute atomic E-state index is 0.258. The molecule has 0 atom stereocenters. The first-order valence-corrected chi connectivity index (χ1v) is 4.82. The van der Waals surface area contributed by atoms with E-state index in [0.29, 0.717) is 0 Å². The molecule has 2 N–H and O–H groups in total. The van der Waals surface area contributed by atoms with Gasteiger partial charge in [-0.1, -0.05) is 0 Å². The molecule has 0 bridgehead atoms. The first kappa shape index (κ1) is 11.1. The number of fused-ring (bicyclic) bond motifs is 1. The molecule has 90 valence electrons. The molecule has 0 aromatic carbocycles. The van der Waals surface area contributed by atoms with Crippen LogP contribution < -0.4 is 17.0 Å². The normalized spacial score (nSPS) is 10.9. The van der Waals surface area contributed by atoms with Crippen LogP contribution in [-0.2, 0) is 25.4 Å². The molecular formula is C9H11N5O3. The van der Waals surface area contributed by atoms with Gasteiger partial charge in [0.2, 0.25) is 5.91 Å². The second kappa shape index (κ2) is 3.58. The molecule has 0 radical (unpaired) electrons. The van der Waals surface area contributed by atoms with Gasteiger partial charge >= 0.3 is 5.69 Å². The lowest BCUT2D eigenvalue weighted by Crippen LogP contribution is -2.42. The number of nitrogens with two attached hydrogens (primary N) is 1. The van der Waals surface area contributed by atoms with Crippen LogP contribution >= 0.6 is 0 Å².